The van der Waals surface area contributed by atoms with Crippen molar-refractivity contribution in [3.8, 4) is 17.0 Å². The largest absolute Gasteiger partial charge is 0.494 e. The van der Waals surface area contributed by atoms with Crippen molar-refractivity contribution < 1.29 is 9.53 Å². The summed E-state index contributed by atoms with van der Waals surface area (Å²) in [6.07, 6.45) is 0. The van der Waals surface area contributed by atoms with Crippen LogP contribution in [-0.4, -0.2) is 23.0 Å². The molecule has 0 aliphatic heterocycles. The van der Waals surface area contributed by atoms with Crippen LogP contribution in [0.5, 0.6) is 5.75 Å². The number of ether oxygens (including phenoxy) is 1. The molecule has 0 bridgehead atoms. The van der Waals surface area contributed by atoms with Crippen molar-refractivity contribution in [3.05, 3.63) is 58.4 Å². The van der Waals surface area contributed by atoms with Gasteiger partial charge in [-0.1, -0.05) is 47.7 Å². The smallest absolute Gasteiger partial charge is 0.269 e. The molecular formula is C19H15N3O2S2. The maximum atomic E-state index is 12.8. The van der Waals surface area contributed by atoms with Gasteiger partial charge in [0.15, 0.2) is 5.13 Å². The molecule has 0 fully saturated rings. The number of para-hydroxylation sites is 1. The van der Waals surface area contributed by atoms with Gasteiger partial charge < -0.3 is 4.74 Å². The second kappa shape index (κ2) is 6.86. The van der Waals surface area contributed by atoms with Gasteiger partial charge in [-0.15, -0.1) is 11.3 Å². The zero-order valence-electron chi connectivity index (χ0n) is 14.1. The summed E-state index contributed by atoms with van der Waals surface area (Å²) in [6, 6.07) is 15.4. The second-order valence-corrected chi connectivity index (χ2v) is 7.79. The molecule has 4 aromatic rings. The van der Waals surface area contributed by atoms with Crippen LogP contribution in [0.4, 0.5) is 5.13 Å². The minimum atomic E-state index is -0.201. The minimum Gasteiger partial charge on any atom is -0.494 e. The number of methoxy groups -OCH3 is 1. The van der Waals surface area contributed by atoms with Crippen molar-refractivity contribution >= 4 is 43.9 Å². The SMILES string of the molecule is COc1cccc2sc(NC(=O)c3sc(C)nc3-c3ccccc3)nc12. The highest BCUT2D eigenvalue weighted by Crippen LogP contribution is 2.33. The van der Waals surface area contributed by atoms with E-state index in [1.807, 2.05) is 55.5 Å². The van der Waals surface area contributed by atoms with E-state index in [-0.39, 0.29) is 5.91 Å². The Kier molecular flexibility index (Phi) is 4.40. The van der Waals surface area contributed by atoms with Crippen LogP contribution in [0.3, 0.4) is 0 Å². The maximum absolute atomic E-state index is 12.8. The average molecular weight is 381 g/mol. The summed E-state index contributed by atoms with van der Waals surface area (Å²) in [5, 5.41) is 4.29. The Morgan fingerprint density at radius 2 is 1.85 bits per heavy atom. The molecule has 0 aliphatic rings. The first-order valence-electron chi connectivity index (χ1n) is 7.93. The quantitative estimate of drug-likeness (QED) is 0.541. The molecule has 1 amide bonds. The lowest BCUT2D eigenvalue weighted by molar-refractivity contribution is 0.103. The summed E-state index contributed by atoms with van der Waals surface area (Å²) in [5.74, 6) is 0.491. The molecule has 2 aromatic heterocycles. The van der Waals surface area contributed by atoms with Crippen molar-refractivity contribution in [2.45, 2.75) is 6.92 Å². The summed E-state index contributed by atoms with van der Waals surface area (Å²) in [6.45, 7) is 1.90. The number of hydrogen-bond acceptors (Lipinski definition) is 6. The number of aromatic nitrogens is 2. The monoisotopic (exact) mass is 381 g/mol. The molecule has 0 spiro atoms. The highest BCUT2D eigenvalue weighted by atomic mass is 32.1. The first kappa shape index (κ1) is 16.7. The summed E-state index contributed by atoms with van der Waals surface area (Å²) >= 11 is 2.80. The van der Waals surface area contributed by atoms with E-state index in [0.29, 0.717) is 21.5 Å². The standard InChI is InChI=1S/C19H15N3O2S2/c1-11-20-15(12-7-4-3-5-8-12)17(25-11)18(23)22-19-21-16-13(24-2)9-6-10-14(16)26-19/h3-10H,1-2H3,(H,21,22,23). The normalized spacial score (nSPS) is 10.8. The number of carbonyl (C=O) groups is 1. The van der Waals surface area contributed by atoms with Crippen LogP contribution in [0.1, 0.15) is 14.7 Å². The fourth-order valence-corrected chi connectivity index (χ4v) is 4.38. The van der Waals surface area contributed by atoms with Crippen LogP contribution in [0.25, 0.3) is 21.5 Å². The fraction of sp³-hybridized carbons (Fsp3) is 0.105. The zero-order chi connectivity index (χ0) is 18.1. The predicted molar refractivity (Wildman–Crippen MR) is 106 cm³/mol. The molecule has 0 aliphatic carbocycles. The van der Waals surface area contributed by atoms with Crippen LogP contribution in [0, 0.1) is 6.92 Å². The summed E-state index contributed by atoms with van der Waals surface area (Å²) in [4.78, 5) is 22.5. The third kappa shape index (κ3) is 3.07. The first-order chi connectivity index (χ1) is 12.7. The van der Waals surface area contributed by atoms with Gasteiger partial charge in [-0.2, -0.15) is 0 Å². The molecule has 0 radical (unpaired) electrons. The Morgan fingerprint density at radius 1 is 1.04 bits per heavy atom. The number of anilines is 1. The van der Waals surface area contributed by atoms with Crippen molar-refractivity contribution in [1.29, 1.82) is 0 Å². The number of nitrogens with one attached hydrogen (secondary N) is 1. The molecule has 26 heavy (non-hydrogen) atoms. The van der Waals surface area contributed by atoms with Crippen molar-refractivity contribution in [1.82, 2.24) is 9.97 Å². The molecule has 5 nitrogen and oxygen atoms in total. The van der Waals surface area contributed by atoms with Crippen molar-refractivity contribution in [3.63, 3.8) is 0 Å². The number of nitrogens with zero attached hydrogens (tertiary/aromatic N) is 2. The van der Waals surface area contributed by atoms with Gasteiger partial charge in [0.2, 0.25) is 0 Å². The molecular weight excluding hydrogens is 366 g/mol. The lowest BCUT2D eigenvalue weighted by Crippen LogP contribution is -2.11. The van der Waals surface area contributed by atoms with Gasteiger partial charge in [0.1, 0.15) is 16.1 Å². The molecule has 0 saturated heterocycles. The first-order valence-corrected chi connectivity index (χ1v) is 9.57. The third-order valence-corrected chi connectivity index (χ3v) is 5.72. The van der Waals surface area contributed by atoms with E-state index in [0.717, 1.165) is 20.8 Å². The second-order valence-electron chi connectivity index (χ2n) is 5.56. The van der Waals surface area contributed by atoms with E-state index in [9.17, 15) is 4.79 Å². The highest BCUT2D eigenvalue weighted by Gasteiger charge is 2.20. The van der Waals surface area contributed by atoms with Crippen LogP contribution in [0.15, 0.2) is 48.5 Å². The number of rotatable bonds is 4. The summed E-state index contributed by atoms with van der Waals surface area (Å²) < 4.78 is 6.30. The van der Waals surface area contributed by atoms with Gasteiger partial charge in [-0.05, 0) is 19.1 Å². The maximum Gasteiger partial charge on any atom is 0.269 e. The number of fused-ring (bicyclic) bond motifs is 1. The number of amides is 1. The van der Waals surface area contributed by atoms with E-state index in [4.69, 9.17) is 4.74 Å². The number of carbonyl (C=O) groups excluding carboxylic acids is 1. The molecule has 2 aromatic carbocycles. The molecule has 2 heterocycles. The van der Waals surface area contributed by atoms with Gasteiger partial charge in [0.05, 0.1) is 22.5 Å². The average Bonchev–Trinajstić information content (AvgIpc) is 3.25. The molecule has 1 N–H and O–H groups in total. The molecule has 0 saturated carbocycles. The van der Waals surface area contributed by atoms with E-state index >= 15 is 0 Å². The van der Waals surface area contributed by atoms with Gasteiger partial charge in [-0.25, -0.2) is 9.97 Å². The predicted octanol–water partition coefficient (Wildman–Crippen LogP) is 4.99. The molecule has 7 heteroatoms. The van der Waals surface area contributed by atoms with Crippen LogP contribution in [-0.2, 0) is 0 Å². The topological polar surface area (TPSA) is 64.1 Å². The van der Waals surface area contributed by atoms with E-state index in [1.165, 1.54) is 22.7 Å². The van der Waals surface area contributed by atoms with E-state index < -0.39 is 0 Å². The van der Waals surface area contributed by atoms with Gasteiger partial charge in [-0.3, -0.25) is 10.1 Å². The Balaban J connectivity index is 1.67. The van der Waals surface area contributed by atoms with Crippen LogP contribution in [0.2, 0.25) is 0 Å². The van der Waals surface area contributed by atoms with Gasteiger partial charge in [0.25, 0.3) is 5.91 Å². The lowest BCUT2D eigenvalue weighted by atomic mass is 10.1. The van der Waals surface area contributed by atoms with Crippen LogP contribution >= 0.6 is 22.7 Å². The van der Waals surface area contributed by atoms with Gasteiger partial charge in [0, 0.05) is 5.56 Å². The Morgan fingerprint density at radius 3 is 2.62 bits per heavy atom. The zero-order valence-corrected chi connectivity index (χ0v) is 15.8. The van der Waals surface area contributed by atoms with Gasteiger partial charge >= 0.3 is 0 Å². The highest BCUT2D eigenvalue weighted by molar-refractivity contribution is 7.22. The molecule has 4 rings (SSSR count). The Bertz CT molecular complexity index is 1090. The molecule has 130 valence electrons. The fourth-order valence-electron chi connectivity index (χ4n) is 2.67. The Labute approximate surface area is 158 Å². The summed E-state index contributed by atoms with van der Waals surface area (Å²) in [7, 11) is 1.61. The van der Waals surface area contributed by atoms with E-state index in [1.54, 1.807) is 7.11 Å². The third-order valence-electron chi connectivity index (χ3n) is 3.81. The Hall–Kier alpha value is -2.77. The number of aryl methyl sites for hydroxylation is 1. The minimum absolute atomic E-state index is 0.201. The number of thiazole rings is 2. The van der Waals surface area contributed by atoms with Crippen molar-refractivity contribution in [2.75, 3.05) is 12.4 Å². The van der Waals surface area contributed by atoms with Crippen molar-refractivity contribution in [2.24, 2.45) is 0 Å². The molecule has 0 atom stereocenters. The summed E-state index contributed by atoms with van der Waals surface area (Å²) in [5.41, 5.74) is 2.37. The van der Waals surface area contributed by atoms with E-state index in [2.05, 4.69) is 15.3 Å². The number of benzene rings is 2. The lowest BCUT2D eigenvalue weighted by Gasteiger charge is -2.02. The number of hydrogen-bond donors (Lipinski definition) is 1. The molecule has 0 unspecified atom stereocenters. The van der Waals surface area contributed by atoms with Crippen LogP contribution < -0.4 is 10.1 Å².